The molecule has 3 rings (SSSR count). The van der Waals surface area contributed by atoms with Crippen LogP contribution in [0.25, 0.3) is 10.1 Å². The summed E-state index contributed by atoms with van der Waals surface area (Å²) in [5.74, 6) is -0.722. The van der Waals surface area contributed by atoms with Crippen LogP contribution in [0.2, 0.25) is 0 Å². The number of halogens is 1. The van der Waals surface area contributed by atoms with Crippen LogP contribution in [-0.2, 0) is 9.53 Å². The Labute approximate surface area is 110 Å². The number of rotatable bonds is 1. The molecule has 1 saturated heterocycles. The zero-order chi connectivity index (χ0) is 12.0. The van der Waals surface area contributed by atoms with Gasteiger partial charge < -0.3 is 9.84 Å². The molecule has 2 heterocycles. The Balaban J connectivity index is 2.06. The molecule has 1 aromatic heterocycles. The summed E-state index contributed by atoms with van der Waals surface area (Å²) in [6.45, 7) is 0. The molecule has 5 heteroatoms. The van der Waals surface area contributed by atoms with Crippen LogP contribution in [0.5, 0.6) is 0 Å². The van der Waals surface area contributed by atoms with Crippen LogP contribution in [0.4, 0.5) is 0 Å². The fourth-order valence-electron chi connectivity index (χ4n) is 2.00. The van der Waals surface area contributed by atoms with E-state index in [0.717, 1.165) is 15.0 Å². The maximum absolute atomic E-state index is 11.4. The van der Waals surface area contributed by atoms with Gasteiger partial charge in [0.15, 0.2) is 0 Å². The van der Waals surface area contributed by atoms with Crippen molar-refractivity contribution in [2.75, 3.05) is 0 Å². The minimum atomic E-state index is -1.06. The number of carbonyl (C=O) groups excluding carboxylic acids is 1. The van der Waals surface area contributed by atoms with E-state index in [1.807, 2.05) is 30.3 Å². The zero-order valence-electron chi connectivity index (χ0n) is 8.67. The summed E-state index contributed by atoms with van der Waals surface area (Å²) in [6, 6.07) is 9.99. The van der Waals surface area contributed by atoms with E-state index in [-0.39, 0.29) is 5.92 Å². The molecule has 17 heavy (non-hydrogen) atoms. The minimum absolute atomic E-state index is 0.320. The number of hydrogen-bond donors (Lipinski definition) is 1. The average molecular weight is 313 g/mol. The molecule has 88 valence electrons. The van der Waals surface area contributed by atoms with E-state index in [1.54, 1.807) is 11.3 Å². The predicted octanol–water partition coefficient (Wildman–Crippen LogP) is 2.62. The predicted molar refractivity (Wildman–Crippen MR) is 69.4 cm³/mol. The Bertz CT molecular complexity index is 547. The van der Waals surface area contributed by atoms with E-state index in [4.69, 9.17) is 4.74 Å². The van der Waals surface area contributed by atoms with Gasteiger partial charge in [0.2, 0.25) is 6.29 Å². The summed E-state index contributed by atoms with van der Waals surface area (Å²) in [4.78, 5) is 11.9. The van der Waals surface area contributed by atoms with Crippen molar-refractivity contribution in [3.63, 3.8) is 0 Å². The second kappa shape index (κ2) is 4.08. The molecule has 1 aromatic carbocycles. The van der Waals surface area contributed by atoms with Crippen molar-refractivity contribution in [1.82, 2.24) is 0 Å². The molecular weight excluding hydrogens is 304 g/mol. The SMILES string of the molecule is O=C1O[C@H](O)[C@H](c2cc3ccccc3s2)[C@@H]1Br. The number of benzene rings is 1. The molecule has 0 aliphatic carbocycles. The molecule has 0 unspecified atom stereocenters. The van der Waals surface area contributed by atoms with Crippen LogP contribution in [0.15, 0.2) is 30.3 Å². The zero-order valence-corrected chi connectivity index (χ0v) is 11.1. The fourth-order valence-corrected chi connectivity index (χ4v) is 4.05. The van der Waals surface area contributed by atoms with Crippen LogP contribution in [0.1, 0.15) is 10.8 Å². The van der Waals surface area contributed by atoms with E-state index in [2.05, 4.69) is 15.9 Å². The number of aliphatic hydroxyl groups is 1. The quantitative estimate of drug-likeness (QED) is 0.650. The van der Waals surface area contributed by atoms with Crippen LogP contribution >= 0.6 is 27.3 Å². The second-order valence-corrected chi connectivity index (χ2v) is 6.04. The Morgan fingerprint density at radius 3 is 2.76 bits per heavy atom. The van der Waals surface area contributed by atoms with E-state index in [0.29, 0.717) is 0 Å². The highest BCUT2D eigenvalue weighted by Crippen LogP contribution is 2.40. The number of alkyl halides is 1. The number of esters is 1. The lowest BCUT2D eigenvalue weighted by Gasteiger charge is -2.10. The van der Waals surface area contributed by atoms with Gasteiger partial charge in [0.25, 0.3) is 0 Å². The summed E-state index contributed by atoms with van der Waals surface area (Å²) in [5, 5.41) is 10.9. The van der Waals surface area contributed by atoms with Gasteiger partial charge in [-0.1, -0.05) is 34.1 Å². The first kappa shape index (κ1) is 11.2. The Kier molecular flexibility index (Phi) is 2.69. The number of fused-ring (bicyclic) bond motifs is 1. The van der Waals surface area contributed by atoms with Crippen LogP contribution in [0.3, 0.4) is 0 Å². The summed E-state index contributed by atoms with van der Waals surface area (Å²) in [7, 11) is 0. The van der Waals surface area contributed by atoms with Gasteiger partial charge in [-0.15, -0.1) is 11.3 Å². The Morgan fingerprint density at radius 2 is 2.12 bits per heavy atom. The van der Waals surface area contributed by atoms with Crippen molar-refractivity contribution in [3.8, 4) is 0 Å². The summed E-state index contributed by atoms with van der Waals surface area (Å²) < 4.78 is 5.96. The first-order valence-corrected chi connectivity index (χ1v) is 6.91. The Morgan fingerprint density at radius 1 is 1.35 bits per heavy atom. The molecule has 3 nitrogen and oxygen atoms in total. The van der Waals surface area contributed by atoms with Crippen LogP contribution in [0, 0.1) is 0 Å². The maximum Gasteiger partial charge on any atom is 0.322 e. The van der Waals surface area contributed by atoms with E-state index >= 15 is 0 Å². The van der Waals surface area contributed by atoms with Crippen LogP contribution < -0.4 is 0 Å². The van der Waals surface area contributed by atoms with Gasteiger partial charge in [0.1, 0.15) is 4.83 Å². The second-order valence-electron chi connectivity index (χ2n) is 3.94. The lowest BCUT2D eigenvalue weighted by atomic mass is 10.0. The molecule has 2 aromatic rings. The standard InChI is InChI=1S/C12H9BrO3S/c13-10-9(11(14)16-12(10)15)8-5-6-3-1-2-4-7(6)17-8/h1-5,9-11,14H/t9-,10+,11+/m1/s1. The molecule has 3 atom stereocenters. The van der Waals surface area contributed by atoms with E-state index in [1.165, 1.54) is 0 Å². The molecular formula is C12H9BrO3S. The molecule has 1 aliphatic heterocycles. The summed E-state index contributed by atoms with van der Waals surface area (Å²) >= 11 is 4.86. The number of carbonyl (C=O) groups is 1. The number of thiophene rings is 1. The van der Waals surface area contributed by atoms with E-state index in [9.17, 15) is 9.90 Å². The largest absolute Gasteiger partial charge is 0.434 e. The highest BCUT2D eigenvalue weighted by Gasteiger charge is 2.44. The average Bonchev–Trinajstić information content (AvgIpc) is 2.81. The van der Waals surface area contributed by atoms with Crippen molar-refractivity contribution in [1.29, 1.82) is 0 Å². The van der Waals surface area contributed by atoms with Gasteiger partial charge in [0, 0.05) is 9.58 Å². The summed E-state index contributed by atoms with van der Waals surface area (Å²) in [5.41, 5.74) is 0. The highest BCUT2D eigenvalue weighted by molar-refractivity contribution is 9.10. The van der Waals surface area contributed by atoms with Gasteiger partial charge in [-0.25, -0.2) is 0 Å². The van der Waals surface area contributed by atoms with Gasteiger partial charge in [-0.3, -0.25) is 4.79 Å². The molecule has 0 radical (unpaired) electrons. The fraction of sp³-hybridized carbons (Fsp3) is 0.250. The molecule has 1 fully saturated rings. The van der Waals surface area contributed by atoms with Crippen molar-refractivity contribution >= 4 is 43.3 Å². The molecule has 0 bridgehead atoms. The monoisotopic (exact) mass is 312 g/mol. The third kappa shape index (κ3) is 1.78. The lowest BCUT2D eigenvalue weighted by Crippen LogP contribution is -2.17. The number of ether oxygens (including phenoxy) is 1. The number of cyclic esters (lactones) is 1. The minimum Gasteiger partial charge on any atom is -0.434 e. The topological polar surface area (TPSA) is 46.5 Å². The van der Waals surface area contributed by atoms with Gasteiger partial charge in [-0.05, 0) is 17.5 Å². The van der Waals surface area contributed by atoms with Crippen molar-refractivity contribution in [3.05, 3.63) is 35.2 Å². The van der Waals surface area contributed by atoms with Crippen molar-refractivity contribution < 1.29 is 14.6 Å². The van der Waals surface area contributed by atoms with Gasteiger partial charge in [0.05, 0.1) is 5.92 Å². The van der Waals surface area contributed by atoms with Crippen LogP contribution in [-0.4, -0.2) is 22.2 Å². The molecule has 0 saturated carbocycles. The first-order valence-electron chi connectivity index (χ1n) is 5.18. The third-order valence-electron chi connectivity index (χ3n) is 2.86. The maximum atomic E-state index is 11.4. The third-order valence-corrected chi connectivity index (χ3v) is 5.02. The molecule has 1 aliphatic rings. The summed E-state index contributed by atoms with van der Waals surface area (Å²) in [6.07, 6.45) is -1.06. The number of aliphatic hydroxyl groups excluding tert-OH is 1. The van der Waals surface area contributed by atoms with Crippen molar-refractivity contribution in [2.24, 2.45) is 0 Å². The number of hydrogen-bond acceptors (Lipinski definition) is 4. The lowest BCUT2D eigenvalue weighted by molar-refractivity contribution is -0.154. The normalized spacial score (nSPS) is 28.6. The molecule has 0 spiro atoms. The van der Waals surface area contributed by atoms with E-state index < -0.39 is 17.1 Å². The van der Waals surface area contributed by atoms with Gasteiger partial charge in [-0.2, -0.15) is 0 Å². The highest BCUT2D eigenvalue weighted by atomic mass is 79.9. The molecule has 1 N–H and O–H groups in total. The smallest absolute Gasteiger partial charge is 0.322 e. The first-order chi connectivity index (χ1) is 8.16. The van der Waals surface area contributed by atoms with Gasteiger partial charge >= 0.3 is 5.97 Å². The molecule has 0 amide bonds. The Hall–Kier alpha value is -0.910. The van der Waals surface area contributed by atoms with Crippen molar-refractivity contribution in [2.45, 2.75) is 17.0 Å².